The third-order valence-electron chi connectivity index (χ3n) is 3.32. The number of methoxy groups -OCH3 is 1. The molecule has 0 amide bonds. The maximum Gasteiger partial charge on any atom is 0.123 e. The van der Waals surface area contributed by atoms with Gasteiger partial charge in [0.25, 0.3) is 0 Å². The van der Waals surface area contributed by atoms with Crippen molar-refractivity contribution in [3.05, 3.63) is 29.3 Å². The van der Waals surface area contributed by atoms with Gasteiger partial charge >= 0.3 is 0 Å². The summed E-state index contributed by atoms with van der Waals surface area (Å²) in [6, 6.07) is 6.47. The summed E-state index contributed by atoms with van der Waals surface area (Å²) in [6.07, 6.45) is 2.66. The first-order valence-corrected chi connectivity index (χ1v) is 6.36. The summed E-state index contributed by atoms with van der Waals surface area (Å²) in [6.45, 7) is 4.37. The highest BCUT2D eigenvalue weighted by molar-refractivity contribution is 5.37. The average molecular weight is 234 g/mol. The molecule has 1 saturated heterocycles. The molecule has 1 aliphatic rings. The minimum atomic E-state index is 0.914. The summed E-state index contributed by atoms with van der Waals surface area (Å²) in [7, 11) is 3.73. The van der Waals surface area contributed by atoms with Crippen LogP contribution in [0.2, 0.25) is 0 Å². The summed E-state index contributed by atoms with van der Waals surface area (Å²) in [5, 5.41) is 3.19. The number of hydrogen-bond acceptors (Lipinski definition) is 3. The Morgan fingerprint density at radius 2 is 2.06 bits per heavy atom. The van der Waals surface area contributed by atoms with Gasteiger partial charge in [0, 0.05) is 18.7 Å². The maximum absolute atomic E-state index is 5.44. The molecule has 1 aromatic carbocycles. The van der Waals surface area contributed by atoms with Crippen LogP contribution in [0, 0.1) is 0 Å². The molecule has 1 aliphatic heterocycles. The summed E-state index contributed by atoms with van der Waals surface area (Å²) < 4.78 is 5.44. The van der Waals surface area contributed by atoms with Gasteiger partial charge in [-0.3, -0.25) is 4.90 Å². The topological polar surface area (TPSA) is 24.5 Å². The van der Waals surface area contributed by atoms with Gasteiger partial charge in [-0.25, -0.2) is 0 Å². The lowest BCUT2D eigenvalue weighted by Gasteiger charge is -2.17. The van der Waals surface area contributed by atoms with Crippen LogP contribution < -0.4 is 10.1 Å². The van der Waals surface area contributed by atoms with E-state index in [1.165, 1.54) is 37.1 Å². The number of nitrogens with zero attached hydrogens (tertiary/aromatic N) is 1. The fourth-order valence-corrected chi connectivity index (χ4v) is 2.45. The highest BCUT2D eigenvalue weighted by atomic mass is 16.5. The summed E-state index contributed by atoms with van der Waals surface area (Å²) in [4.78, 5) is 2.50. The van der Waals surface area contributed by atoms with Crippen LogP contribution in [-0.2, 0) is 13.1 Å². The monoisotopic (exact) mass is 234 g/mol. The van der Waals surface area contributed by atoms with Crippen LogP contribution in [0.4, 0.5) is 0 Å². The first-order valence-electron chi connectivity index (χ1n) is 6.36. The highest BCUT2D eigenvalue weighted by Crippen LogP contribution is 2.23. The van der Waals surface area contributed by atoms with E-state index in [-0.39, 0.29) is 0 Å². The van der Waals surface area contributed by atoms with Crippen LogP contribution in [0.1, 0.15) is 24.0 Å². The van der Waals surface area contributed by atoms with Crippen molar-refractivity contribution in [3.8, 4) is 5.75 Å². The van der Waals surface area contributed by atoms with E-state index in [0.29, 0.717) is 0 Å². The number of likely N-dealkylation sites (tertiary alicyclic amines) is 1. The molecule has 3 nitrogen and oxygen atoms in total. The lowest BCUT2D eigenvalue weighted by atomic mass is 10.1. The molecule has 17 heavy (non-hydrogen) atoms. The standard InChI is InChI=1S/C14H22N2O/c1-15-10-12-5-6-14(17-2)13(9-12)11-16-7-3-4-8-16/h5-6,9,15H,3-4,7-8,10-11H2,1-2H3. The van der Waals surface area contributed by atoms with Gasteiger partial charge in [-0.1, -0.05) is 6.07 Å². The maximum atomic E-state index is 5.44. The average Bonchev–Trinajstić information content (AvgIpc) is 2.83. The number of rotatable bonds is 5. The van der Waals surface area contributed by atoms with Crippen molar-refractivity contribution in [1.29, 1.82) is 0 Å². The van der Waals surface area contributed by atoms with Crippen molar-refractivity contribution in [2.45, 2.75) is 25.9 Å². The summed E-state index contributed by atoms with van der Waals surface area (Å²) >= 11 is 0. The molecule has 0 spiro atoms. The molecule has 1 fully saturated rings. The van der Waals surface area contributed by atoms with E-state index in [4.69, 9.17) is 4.74 Å². The second-order valence-corrected chi connectivity index (χ2v) is 4.66. The molecule has 2 rings (SSSR count). The molecule has 0 unspecified atom stereocenters. The fourth-order valence-electron chi connectivity index (χ4n) is 2.45. The smallest absolute Gasteiger partial charge is 0.123 e. The first-order chi connectivity index (χ1) is 8.33. The fraction of sp³-hybridized carbons (Fsp3) is 0.571. The van der Waals surface area contributed by atoms with Crippen LogP contribution in [0.3, 0.4) is 0 Å². The Morgan fingerprint density at radius 1 is 1.29 bits per heavy atom. The van der Waals surface area contributed by atoms with Crippen molar-refractivity contribution in [2.24, 2.45) is 0 Å². The normalized spacial score (nSPS) is 16.4. The second kappa shape index (κ2) is 6.03. The van der Waals surface area contributed by atoms with E-state index in [0.717, 1.165) is 18.8 Å². The van der Waals surface area contributed by atoms with Crippen molar-refractivity contribution in [3.63, 3.8) is 0 Å². The number of ether oxygens (including phenoxy) is 1. The molecule has 1 aromatic rings. The van der Waals surface area contributed by atoms with Crippen molar-refractivity contribution in [1.82, 2.24) is 10.2 Å². The highest BCUT2D eigenvalue weighted by Gasteiger charge is 2.14. The van der Waals surface area contributed by atoms with Crippen LogP contribution in [0.5, 0.6) is 5.75 Å². The SMILES string of the molecule is CNCc1ccc(OC)c(CN2CCCC2)c1. The lowest BCUT2D eigenvalue weighted by molar-refractivity contribution is 0.320. The van der Waals surface area contributed by atoms with E-state index in [1.807, 2.05) is 7.05 Å². The minimum Gasteiger partial charge on any atom is -0.496 e. The van der Waals surface area contributed by atoms with Gasteiger partial charge in [-0.2, -0.15) is 0 Å². The third kappa shape index (κ3) is 3.20. The van der Waals surface area contributed by atoms with Gasteiger partial charge in [0.05, 0.1) is 7.11 Å². The zero-order valence-electron chi connectivity index (χ0n) is 10.8. The largest absolute Gasteiger partial charge is 0.496 e. The zero-order chi connectivity index (χ0) is 12.1. The van der Waals surface area contributed by atoms with Gasteiger partial charge < -0.3 is 10.1 Å². The Bertz CT molecular complexity index is 359. The van der Waals surface area contributed by atoms with Gasteiger partial charge in [-0.15, -0.1) is 0 Å². The van der Waals surface area contributed by atoms with E-state index < -0.39 is 0 Å². The van der Waals surface area contributed by atoms with Crippen molar-refractivity contribution < 1.29 is 4.74 Å². The van der Waals surface area contributed by atoms with Crippen molar-refractivity contribution in [2.75, 3.05) is 27.2 Å². The Labute approximate surface area is 104 Å². The molecular weight excluding hydrogens is 212 g/mol. The predicted octanol–water partition coefficient (Wildman–Crippen LogP) is 2.01. The quantitative estimate of drug-likeness (QED) is 0.843. The Kier molecular flexibility index (Phi) is 4.40. The Balaban J connectivity index is 2.12. The van der Waals surface area contributed by atoms with E-state index in [1.54, 1.807) is 7.11 Å². The molecular formula is C14H22N2O. The number of nitrogens with one attached hydrogen (secondary N) is 1. The first kappa shape index (κ1) is 12.4. The number of benzene rings is 1. The molecule has 0 radical (unpaired) electrons. The van der Waals surface area contributed by atoms with Crippen LogP contribution >= 0.6 is 0 Å². The van der Waals surface area contributed by atoms with Crippen LogP contribution in [0.25, 0.3) is 0 Å². The third-order valence-corrected chi connectivity index (χ3v) is 3.32. The molecule has 0 atom stereocenters. The predicted molar refractivity (Wildman–Crippen MR) is 70.3 cm³/mol. The second-order valence-electron chi connectivity index (χ2n) is 4.66. The Morgan fingerprint density at radius 3 is 2.71 bits per heavy atom. The minimum absolute atomic E-state index is 0.914. The van der Waals surface area contributed by atoms with Crippen molar-refractivity contribution >= 4 is 0 Å². The Hall–Kier alpha value is -1.06. The van der Waals surface area contributed by atoms with Gasteiger partial charge in [0.2, 0.25) is 0 Å². The van der Waals surface area contributed by atoms with Gasteiger partial charge in [0.15, 0.2) is 0 Å². The molecule has 0 bridgehead atoms. The molecule has 1 N–H and O–H groups in total. The van der Waals surface area contributed by atoms with E-state index >= 15 is 0 Å². The van der Waals surface area contributed by atoms with Crippen LogP contribution in [-0.4, -0.2) is 32.1 Å². The van der Waals surface area contributed by atoms with Crippen LogP contribution in [0.15, 0.2) is 18.2 Å². The van der Waals surface area contributed by atoms with E-state index in [2.05, 4.69) is 28.4 Å². The molecule has 3 heteroatoms. The molecule has 0 saturated carbocycles. The molecule has 1 heterocycles. The van der Waals surface area contributed by atoms with E-state index in [9.17, 15) is 0 Å². The lowest BCUT2D eigenvalue weighted by Crippen LogP contribution is -2.19. The summed E-state index contributed by atoms with van der Waals surface area (Å²) in [5.41, 5.74) is 2.63. The van der Waals surface area contributed by atoms with Gasteiger partial charge in [0.1, 0.15) is 5.75 Å². The zero-order valence-corrected chi connectivity index (χ0v) is 10.8. The molecule has 0 aliphatic carbocycles. The summed E-state index contributed by atoms with van der Waals surface area (Å²) in [5.74, 6) is 1.01. The van der Waals surface area contributed by atoms with Gasteiger partial charge in [-0.05, 0) is 50.7 Å². The molecule has 0 aromatic heterocycles. The number of hydrogen-bond donors (Lipinski definition) is 1. The molecule has 94 valence electrons.